The third-order valence-electron chi connectivity index (χ3n) is 3.23. The molecule has 6 heteroatoms. The number of hydrogen-bond acceptors (Lipinski definition) is 3. The molecule has 0 aliphatic heterocycles. The van der Waals surface area contributed by atoms with Gasteiger partial charge in [0.1, 0.15) is 5.69 Å². The molecule has 5 nitrogen and oxygen atoms in total. The van der Waals surface area contributed by atoms with E-state index in [-0.39, 0.29) is 11.6 Å². The maximum absolute atomic E-state index is 12.3. The number of amides is 1. The van der Waals surface area contributed by atoms with Gasteiger partial charge in [0.05, 0.1) is 5.56 Å². The van der Waals surface area contributed by atoms with Crippen LogP contribution in [0.25, 0.3) is 0 Å². The number of aromatic amines is 1. The normalized spacial score (nSPS) is 10.4. The number of aryl methyl sites for hydroxylation is 1. The highest BCUT2D eigenvalue weighted by atomic mass is 32.2. The molecule has 2 aromatic rings. The number of H-pyrrole nitrogens is 1. The summed E-state index contributed by atoms with van der Waals surface area (Å²) in [6, 6.07) is 7.47. The van der Waals surface area contributed by atoms with E-state index >= 15 is 0 Å². The van der Waals surface area contributed by atoms with Crippen molar-refractivity contribution >= 4 is 29.3 Å². The predicted molar refractivity (Wildman–Crippen MR) is 83.4 cm³/mol. The first kappa shape index (κ1) is 15.2. The lowest BCUT2D eigenvalue weighted by molar-refractivity contribution is 0.0690. The maximum atomic E-state index is 12.3. The highest BCUT2D eigenvalue weighted by molar-refractivity contribution is 7.98. The van der Waals surface area contributed by atoms with Gasteiger partial charge in [-0.3, -0.25) is 4.79 Å². The molecule has 2 rings (SSSR count). The second-order valence-electron chi connectivity index (χ2n) is 4.61. The summed E-state index contributed by atoms with van der Waals surface area (Å²) in [5.41, 5.74) is 2.09. The molecule has 1 aromatic heterocycles. The van der Waals surface area contributed by atoms with Gasteiger partial charge in [-0.05, 0) is 49.9 Å². The topological polar surface area (TPSA) is 82.2 Å². The molecule has 1 aromatic carbocycles. The maximum Gasteiger partial charge on any atom is 0.352 e. The molecule has 0 saturated carbocycles. The number of aromatic nitrogens is 1. The van der Waals surface area contributed by atoms with Crippen molar-refractivity contribution in [2.45, 2.75) is 18.7 Å². The zero-order valence-corrected chi connectivity index (χ0v) is 12.8. The van der Waals surface area contributed by atoms with E-state index < -0.39 is 5.97 Å². The van der Waals surface area contributed by atoms with Gasteiger partial charge in [0.15, 0.2) is 0 Å². The number of thioether (sulfide) groups is 1. The summed E-state index contributed by atoms with van der Waals surface area (Å²) in [4.78, 5) is 27.2. The average molecular weight is 304 g/mol. The largest absolute Gasteiger partial charge is 0.477 e. The lowest BCUT2D eigenvalue weighted by Gasteiger charge is -2.06. The molecule has 3 N–H and O–H groups in total. The summed E-state index contributed by atoms with van der Waals surface area (Å²) in [5.74, 6) is -1.38. The van der Waals surface area contributed by atoms with Crippen molar-refractivity contribution in [1.29, 1.82) is 0 Å². The third-order valence-corrected chi connectivity index (χ3v) is 3.97. The number of benzene rings is 1. The van der Waals surface area contributed by atoms with E-state index in [1.807, 2.05) is 30.5 Å². The van der Waals surface area contributed by atoms with Gasteiger partial charge in [0, 0.05) is 16.3 Å². The number of carboxylic acid groups (broad SMARTS) is 1. The number of anilines is 1. The summed E-state index contributed by atoms with van der Waals surface area (Å²) in [6.45, 7) is 3.31. The predicted octanol–water partition coefficient (Wildman–Crippen LogP) is 3.30. The van der Waals surface area contributed by atoms with Crippen LogP contribution >= 0.6 is 11.8 Å². The number of rotatable bonds is 4. The summed E-state index contributed by atoms with van der Waals surface area (Å²) >= 11 is 1.62. The number of carbonyl (C=O) groups is 2. The van der Waals surface area contributed by atoms with Gasteiger partial charge >= 0.3 is 5.97 Å². The molecule has 21 heavy (non-hydrogen) atoms. The molecule has 0 aliphatic carbocycles. The van der Waals surface area contributed by atoms with E-state index in [4.69, 9.17) is 5.11 Å². The van der Waals surface area contributed by atoms with Crippen LogP contribution in [0.15, 0.2) is 29.2 Å². The van der Waals surface area contributed by atoms with E-state index in [9.17, 15) is 9.59 Å². The molecule has 0 atom stereocenters. The monoisotopic (exact) mass is 304 g/mol. The Morgan fingerprint density at radius 2 is 1.81 bits per heavy atom. The zero-order valence-electron chi connectivity index (χ0n) is 12.0. The molecule has 0 unspecified atom stereocenters. The van der Waals surface area contributed by atoms with Gasteiger partial charge in [-0.25, -0.2) is 4.79 Å². The van der Waals surface area contributed by atoms with Crippen LogP contribution in [0.4, 0.5) is 5.69 Å². The van der Waals surface area contributed by atoms with Crippen LogP contribution in [-0.4, -0.2) is 28.2 Å². The van der Waals surface area contributed by atoms with E-state index in [1.54, 1.807) is 25.6 Å². The molecule has 0 spiro atoms. The van der Waals surface area contributed by atoms with Crippen LogP contribution < -0.4 is 5.32 Å². The second kappa shape index (κ2) is 6.05. The van der Waals surface area contributed by atoms with Gasteiger partial charge in [0.2, 0.25) is 0 Å². The third kappa shape index (κ3) is 3.11. The molecular formula is C15H16N2O3S. The Balaban J connectivity index is 2.26. The first-order valence-corrected chi connectivity index (χ1v) is 7.54. The van der Waals surface area contributed by atoms with Crippen LogP contribution in [-0.2, 0) is 0 Å². The van der Waals surface area contributed by atoms with Crippen LogP contribution in [0.2, 0.25) is 0 Å². The first-order chi connectivity index (χ1) is 9.93. The highest BCUT2D eigenvalue weighted by Gasteiger charge is 2.21. The summed E-state index contributed by atoms with van der Waals surface area (Å²) in [6.07, 6.45) is 1.98. The van der Waals surface area contributed by atoms with Crippen molar-refractivity contribution in [2.24, 2.45) is 0 Å². The molecule has 0 bridgehead atoms. The van der Waals surface area contributed by atoms with Gasteiger partial charge in [-0.1, -0.05) is 0 Å². The van der Waals surface area contributed by atoms with Crippen LogP contribution in [0.5, 0.6) is 0 Å². The summed E-state index contributed by atoms with van der Waals surface area (Å²) < 4.78 is 0. The van der Waals surface area contributed by atoms with E-state index in [0.717, 1.165) is 4.90 Å². The van der Waals surface area contributed by atoms with Crippen molar-refractivity contribution in [3.05, 3.63) is 46.8 Å². The van der Waals surface area contributed by atoms with Crippen molar-refractivity contribution in [1.82, 2.24) is 4.98 Å². The molecule has 0 radical (unpaired) electrons. The first-order valence-electron chi connectivity index (χ1n) is 6.32. The van der Waals surface area contributed by atoms with Gasteiger partial charge in [-0.2, -0.15) is 0 Å². The number of nitrogens with one attached hydrogen (secondary N) is 2. The smallest absolute Gasteiger partial charge is 0.352 e. The Morgan fingerprint density at radius 3 is 2.29 bits per heavy atom. The van der Waals surface area contributed by atoms with Crippen molar-refractivity contribution < 1.29 is 14.7 Å². The van der Waals surface area contributed by atoms with Gasteiger partial charge < -0.3 is 15.4 Å². The Bertz CT molecular complexity index is 690. The minimum Gasteiger partial charge on any atom is -0.477 e. The fraction of sp³-hybridized carbons (Fsp3) is 0.200. The molecule has 110 valence electrons. The van der Waals surface area contributed by atoms with Crippen LogP contribution in [0.3, 0.4) is 0 Å². The number of carbonyl (C=O) groups excluding carboxylic acids is 1. The molecule has 0 saturated heterocycles. The molecule has 0 aliphatic rings. The Hall–Kier alpha value is -2.21. The van der Waals surface area contributed by atoms with E-state index in [0.29, 0.717) is 22.5 Å². The Morgan fingerprint density at radius 1 is 1.19 bits per heavy atom. The van der Waals surface area contributed by atoms with Gasteiger partial charge in [0.25, 0.3) is 5.91 Å². The number of hydrogen-bond donors (Lipinski definition) is 3. The Kier molecular flexibility index (Phi) is 4.37. The zero-order chi connectivity index (χ0) is 15.6. The minimum absolute atomic E-state index is 0.0513. The van der Waals surface area contributed by atoms with E-state index in [2.05, 4.69) is 10.3 Å². The van der Waals surface area contributed by atoms with Crippen molar-refractivity contribution in [3.63, 3.8) is 0 Å². The standard InChI is InChI=1S/C15H16N2O3S/c1-8-12(9(2)16-13(8)15(19)20)14(18)17-10-4-6-11(21-3)7-5-10/h4-7,16H,1-3H3,(H,17,18)(H,19,20). The highest BCUT2D eigenvalue weighted by Crippen LogP contribution is 2.21. The molecular weight excluding hydrogens is 288 g/mol. The fourth-order valence-corrected chi connectivity index (χ4v) is 2.58. The molecule has 0 fully saturated rings. The van der Waals surface area contributed by atoms with Crippen molar-refractivity contribution in [3.8, 4) is 0 Å². The van der Waals surface area contributed by atoms with Crippen molar-refractivity contribution in [2.75, 3.05) is 11.6 Å². The quantitative estimate of drug-likeness (QED) is 0.757. The number of carboxylic acids is 1. The summed E-state index contributed by atoms with van der Waals surface area (Å²) in [7, 11) is 0. The average Bonchev–Trinajstić information content (AvgIpc) is 2.75. The lowest BCUT2D eigenvalue weighted by Crippen LogP contribution is -2.13. The van der Waals surface area contributed by atoms with E-state index in [1.165, 1.54) is 0 Å². The Labute approximate surface area is 126 Å². The molecule has 1 amide bonds. The lowest BCUT2D eigenvalue weighted by atomic mass is 10.1. The number of aromatic carboxylic acids is 1. The fourth-order valence-electron chi connectivity index (χ4n) is 2.17. The summed E-state index contributed by atoms with van der Waals surface area (Å²) in [5, 5.41) is 11.8. The molecule has 1 heterocycles. The van der Waals surface area contributed by atoms with Gasteiger partial charge in [-0.15, -0.1) is 11.8 Å². The minimum atomic E-state index is -1.07. The SMILES string of the molecule is CSc1ccc(NC(=O)c2c(C)[nH]c(C(=O)O)c2C)cc1. The second-order valence-corrected chi connectivity index (χ2v) is 5.49. The van der Waals surface area contributed by atoms with Crippen LogP contribution in [0.1, 0.15) is 32.1 Å². The van der Waals surface area contributed by atoms with Crippen LogP contribution in [0, 0.1) is 13.8 Å².